The molecule has 0 radical (unpaired) electrons. The number of hydrogen-bond donors (Lipinski definition) is 2. The van der Waals surface area contributed by atoms with Crippen LogP contribution in [-0.4, -0.2) is 83.6 Å². The van der Waals surface area contributed by atoms with E-state index in [4.69, 9.17) is 4.74 Å². The first-order valence-corrected chi connectivity index (χ1v) is 9.89. The van der Waals surface area contributed by atoms with Gasteiger partial charge in [0.05, 0.1) is 24.9 Å². The zero-order valence-corrected chi connectivity index (χ0v) is 16.2. The van der Waals surface area contributed by atoms with Crippen LogP contribution < -0.4 is 0 Å². The van der Waals surface area contributed by atoms with Crippen molar-refractivity contribution in [2.75, 3.05) is 46.0 Å². The molecule has 2 N–H and O–H groups in total. The molecule has 6 heteroatoms. The van der Waals surface area contributed by atoms with E-state index >= 15 is 0 Å². The minimum atomic E-state index is -0.624. The van der Waals surface area contributed by atoms with Crippen molar-refractivity contribution in [1.29, 1.82) is 0 Å². The maximum Gasteiger partial charge on any atom is 0.242 e. The van der Waals surface area contributed by atoms with Crippen molar-refractivity contribution in [3.8, 4) is 0 Å². The molecule has 1 aromatic carbocycles. The molecule has 4 atom stereocenters. The fourth-order valence-electron chi connectivity index (χ4n) is 5.37. The van der Waals surface area contributed by atoms with Gasteiger partial charge in [-0.15, -0.1) is 0 Å². The number of likely N-dealkylation sites (tertiary alicyclic amines) is 1. The Kier molecular flexibility index (Phi) is 4.79. The summed E-state index contributed by atoms with van der Waals surface area (Å²) in [5.41, 5.74) is 0.0885. The fourth-order valence-corrected chi connectivity index (χ4v) is 5.37. The van der Waals surface area contributed by atoms with Crippen molar-refractivity contribution in [2.24, 2.45) is 11.3 Å². The number of nitrogens with zero attached hydrogens (tertiary/aromatic N) is 2. The Labute approximate surface area is 160 Å². The lowest BCUT2D eigenvalue weighted by Crippen LogP contribution is -2.58. The Morgan fingerprint density at radius 2 is 1.93 bits per heavy atom. The van der Waals surface area contributed by atoms with Crippen LogP contribution in [0, 0.1) is 11.3 Å². The number of ether oxygens (including phenoxy) is 1. The lowest BCUT2D eigenvalue weighted by atomic mass is 9.95. The van der Waals surface area contributed by atoms with E-state index in [2.05, 4.69) is 17.0 Å². The summed E-state index contributed by atoms with van der Waals surface area (Å²) in [6.45, 7) is 7.58. The first-order chi connectivity index (χ1) is 12.9. The van der Waals surface area contributed by atoms with E-state index in [1.807, 2.05) is 36.9 Å². The van der Waals surface area contributed by atoms with Crippen LogP contribution in [0.25, 0.3) is 0 Å². The highest BCUT2D eigenvalue weighted by atomic mass is 16.5. The number of aliphatic hydroxyl groups is 2. The van der Waals surface area contributed by atoms with Crippen molar-refractivity contribution in [1.82, 2.24) is 9.80 Å². The van der Waals surface area contributed by atoms with E-state index in [0.717, 1.165) is 18.7 Å². The number of carbonyl (C=O) groups excluding carboxylic acids is 1. The number of hydrogen-bond acceptors (Lipinski definition) is 5. The van der Waals surface area contributed by atoms with Gasteiger partial charge >= 0.3 is 0 Å². The second-order valence-electron chi connectivity index (χ2n) is 8.65. The molecule has 2 saturated heterocycles. The largest absolute Gasteiger partial charge is 0.396 e. The zero-order valence-electron chi connectivity index (χ0n) is 16.2. The maximum atomic E-state index is 13.3. The predicted octanol–water partition coefficient (Wildman–Crippen LogP) is 0.693. The van der Waals surface area contributed by atoms with E-state index in [1.165, 1.54) is 0 Å². The van der Waals surface area contributed by atoms with Crippen LogP contribution in [0.1, 0.15) is 25.3 Å². The highest BCUT2D eigenvalue weighted by molar-refractivity contribution is 5.86. The molecule has 1 spiro atoms. The highest BCUT2D eigenvalue weighted by Crippen LogP contribution is 2.68. The average molecular weight is 374 g/mol. The van der Waals surface area contributed by atoms with Gasteiger partial charge in [-0.2, -0.15) is 0 Å². The average Bonchev–Trinajstić information content (AvgIpc) is 3.23. The Bertz CT molecular complexity index is 689. The molecule has 2 heterocycles. The minimum absolute atomic E-state index is 0.000742. The van der Waals surface area contributed by atoms with Crippen LogP contribution in [-0.2, 0) is 9.53 Å². The molecule has 148 valence electrons. The number of carbonyl (C=O) groups is 1. The van der Waals surface area contributed by atoms with Crippen LogP contribution in [0.3, 0.4) is 0 Å². The van der Waals surface area contributed by atoms with Crippen LogP contribution in [0.4, 0.5) is 0 Å². The third-order valence-corrected chi connectivity index (χ3v) is 7.01. The number of morpholine rings is 1. The summed E-state index contributed by atoms with van der Waals surface area (Å²) in [7, 11) is 0. The van der Waals surface area contributed by atoms with E-state index in [1.54, 1.807) is 0 Å². The van der Waals surface area contributed by atoms with E-state index < -0.39 is 17.1 Å². The lowest BCUT2D eigenvalue weighted by molar-refractivity contribution is -0.144. The summed E-state index contributed by atoms with van der Waals surface area (Å²) in [6, 6.07) is 10.1. The van der Waals surface area contributed by atoms with Crippen molar-refractivity contribution in [2.45, 2.75) is 31.4 Å². The Balaban J connectivity index is 1.53. The molecule has 0 bridgehead atoms. The van der Waals surface area contributed by atoms with E-state index in [0.29, 0.717) is 26.3 Å². The monoisotopic (exact) mass is 374 g/mol. The molecule has 1 aromatic rings. The van der Waals surface area contributed by atoms with Gasteiger partial charge in [0.2, 0.25) is 5.91 Å². The van der Waals surface area contributed by atoms with Gasteiger partial charge in [-0.25, -0.2) is 0 Å². The molecule has 2 aliphatic heterocycles. The van der Waals surface area contributed by atoms with Crippen molar-refractivity contribution in [3.63, 3.8) is 0 Å². The summed E-state index contributed by atoms with van der Waals surface area (Å²) in [5.74, 6) is 0.151. The Hall–Kier alpha value is -1.47. The summed E-state index contributed by atoms with van der Waals surface area (Å²) in [6.07, 6.45) is -0.607. The normalized spacial score (nSPS) is 34.2. The van der Waals surface area contributed by atoms with Gasteiger partial charge in [-0.3, -0.25) is 9.69 Å². The summed E-state index contributed by atoms with van der Waals surface area (Å²) < 4.78 is 5.42. The van der Waals surface area contributed by atoms with Crippen LogP contribution in [0.15, 0.2) is 30.3 Å². The molecular weight excluding hydrogens is 344 g/mol. The highest BCUT2D eigenvalue weighted by Gasteiger charge is 2.71. The van der Waals surface area contributed by atoms with Gasteiger partial charge in [0, 0.05) is 38.2 Å². The number of amides is 1. The van der Waals surface area contributed by atoms with Gasteiger partial charge in [-0.1, -0.05) is 30.3 Å². The SMILES string of the molecule is CC(C)(C(=O)N1C[C@H](O)[C@@]2(C1)[C@H](CO)[C@H]2c1ccccc1)N1CCOCC1. The number of benzene rings is 1. The van der Waals surface area contributed by atoms with Crippen molar-refractivity contribution >= 4 is 5.91 Å². The van der Waals surface area contributed by atoms with Gasteiger partial charge in [0.25, 0.3) is 0 Å². The van der Waals surface area contributed by atoms with Gasteiger partial charge in [0.15, 0.2) is 0 Å². The summed E-state index contributed by atoms with van der Waals surface area (Å²) in [4.78, 5) is 17.3. The maximum absolute atomic E-state index is 13.3. The minimum Gasteiger partial charge on any atom is -0.396 e. The Morgan fingerprint density at radius 3 is 2.56 bits per heavy atom. The second kappa shape index (κ2) is 6.85. The molecule has 4 rings (SSSR count). The molecular formula is C21H30N2O4. The van der Waals surface area contributed by atoms with Crippen molar-refractivity contribution < 1.29 is 19.7 Å². The second-order valence-corrected chi connectivity index (χ2v) is 8.65. The van der Waals surface area contributed by atoms with Gasteiger partial charge in [0.1, 0.15) is 0 Å². The fraction of sp³-hybridized carbons (Fsp3) is 0.667. The lowest BCUT2D eigenvalue weighted by Gasteiger charge is -2.41. The van der Waals surface area contributed by atoms with Gasteiger partial charge < -0.3 is 19.8 Å². The topological polar surface area (TPSA) is 73.2 Å². The van der Waals surface area contributed by atoms with Crippen LogP contribution in [0.2, 0.25) is 0 Å². The number of aliphatic hydroxyl groups excluding tert-OH is 2. The predicted molar refractivity (Wildman–Crippen MR) is 101 cm³/mol. The third kappa shape index (κ3) is 2.90. The quantitative estimate of drug-likeness (QED) is 0.811. The number of β-amino-alcohol motifs (C(OH)–C–C–N with tert-alkyl or cyclic N) is 1. The summed E-state index contributed by atoms with van der Waals surface area (Å²) in [5, 5.41) is 20.8. The molecule has 3 fully saturated rings. The summed E-state index contributed by atoms with van der Waals surface area (Å²) >= 11 is 0. The molecule has 0 aromatic heterocycles. The van der Waals surface area contributed by atoms with Gasteiger partial charge in [-0.05, 0) is 31.2 Å². The smallest absolute Gasteiger partial charge is 0.242 e. The number of rotatable bonds is 4. The molecule has 1 amide bonds. The standard InChI is InChI=1S/C21H30N2O4/c1-20(2,23-8-10-27-11-9-23)19(26)22-12-17(25)21(14-22)16(13-24)18(21)15-6-4-3-5-7-15/h3-7,16-18,24-25H,8-14H2,1-2H3/t16-,17+,18-,21-/m1/s1. The molecule has 3 aliphatic rings. The molecule has 1 saturated carbocycles. The molecule has 0 unspecified atom stereocenters. The van der Waals surface area contributed by atoms with Crippen molar-refractivity contribution in [3.05, 3.63) is 35.9 Å². The van der Waals surface area contributed by atoms with Crippen LogP contribution in [0.5, 0.6) is 0 Å². The molecule has 6 nitrogen and oxygen atoms in total. The third-order valence-electron chi connectivity index (χ3n) is 7.01. The first-order valence-electron chi connectivity index (χ1n) is 9.89. The molecule has 1 aliphatic carbocycles. The first kappa shape index (κ1) is 18.9. The zero-order chi connectivity index (χ0) is 19.2. The Morgan fingerprint density at radius 1 is 1.26 bits per heavy atom. The van der Waals surface area contributed by atoms with E-state index in [9.17, 15) is 15.0 Å². The van der Waals surface area contributed by atoms with E-state index in [-0.39, 0.29) is 24.3 Å². The molecule has 27 heavy (non-hydrogen) atoms. The van der Waals surface area contributed by atoms with Crippen LogP contribution >= 0.6 is 0 Å².